The van der Waals surface area contributed by atoms with Gasteiger partial charge in [0.25, 0.3) is 5.56 Å². The predicted octanol–water partition coefficient (Wildman–Crippen LogP) is 3.33. The van der Waals surface area contributed by atoms with E-state index in [2.05, 4.69) is 22.0 Å². The zero-order valence-corrected chi connectivity index (χ0v) is 17.0. The summed E-state index contributed by atoms with van der Waals surface area (Å²) in [6.45, 7) is 3.63. The van der Waals surface area contributed by atoms with Crippen LogP contribution in [0.15, 0.2) is 53.6 Å². The van der Waals surface area contributed by atoms with E-state index in [1.54, 1.807) is 25.1 Å². The lowest BCUT2D eigenvalue weighted by atomic mass is 9.96. The predicted molar refractivity (Wildman–Crippen MR) is 114 cm³/mol. The monoisotopic (exact) mass is 393 g/mol. The first-order chi connectivity index (χ1) is 14.2. The van der Waals surface area contributed by atoms with Crippen molar-refractivity contribution < 1.29 is 9.47 Å². The highest BCUT2D eigenvalue weighted by molar-refractivity contribution is 5.76. The Balaban J connectivity index is 1.38. The van der Waals surface area contributed by atoms with Gasteiger partial charge in [-0.3, -0.25) is 14.3 Å². The van der Waals surface area contributed by atoms with Crippen LogP contribution in [-0.2, 0) is 13.1 Å². The summed E-state index contributed by atoms with van der Waals surface area (Å²) < 4.78 is 12.5. The largest absolute Gasteiger partial charge is 0.497 e. The lowest BCUT2D eigenvalue weighted by molar-refractivity contribution is 0.166. The van der Waals surface area contributed by atoms with Crippen molar-refractivity contribution in [3.8, 4) is 11.5 Å². The summed E-state index contributed by atoms with van der Waals surface area (Å²) in [5, 5.41) is 0.694. The first kappa shape index (κ1) is 19.5. The van der Waals surface area contributed by atoms with Gasteiger partial charge in [0.1, 0.15) is 11.5 Å². The molecule has 29 heavy (non-hydrogen) atoms. The summed E-state index contributed by atoms with van der Waals surface area (Å²) in [6.07, 6.45) is 3.83. The second kappa shape index (κ2) is 8.66. The highest BCUT2D eigenvalue weighted by Gasteiger charge is 2.21. The molecule has 6 heteroatoms. The summed E-state index contributed by atoms with van der Waals surface area (Å²) in [5.41, 5.74) is 2.01. The number of likely N-dealkylation sites (tertiary alicyclic amines) is 1. The number of hydrogen-bond acceptors (Lipinski definition) is 5. The summed E-state index contributed by atoms with van der Waals surface area (Å²) in [5.74, 6) is 2.13. The van der Waals surface area contributed by atoms with Gasteiger partial charge in [0, 0.05) is 19.2 Å². The summed E-state index contributed by atoms with van der Waals surface area (Å²) in [6, 6.07) is 13.6. The lowest BCUT2D eigenvalue weighted by Gasteiger charge is -2.32. The van der Waals surface area contributed by atoms with Crippen LogP contribution in [0.2, 0.25) is 0 Å². The van der Waals surface area contributed by atoms with Gasteiger partial charge in [0.05, 0.1) is 31.4 Å². The fraction of sp³-hybridized carbons (Fsp3) is 0.391. The van der Waals surface area contributed by atoms with E-state index in [1.807, 2.05) is 30.3 Å². The maximum Gasteiger partial charge on any atom is 0.261 e. The van der Waals surface area contributed by atoms with E-state index >= 15 is 0 Å². The Hall–Kier alpha value is -2.86. The number of rotatable bonds is 6. The first-order valence-corrected chi connectivity index (χ1v) is 10.0. The van der Waals surface area contributed by atoms with Gasteiger partial charge in [0.2, 0.25) is 0 Å². The highest BCUT2D eigenvalue weighted by Crippen LogP contribution is 2.25. The zero-order valence-electron chi connectivity index (χ0n) is 17.0. The van der Waals surface area contributed by atoms with Gasteiger partial charge in [-0.05, 0) is 61.7 Å². The third-order valence-corrected chi connectivity index (χ3v) is 5.71. The summed E-state index contributed by atoms with van der Waals surface area (Å²) >= 11 is 0. The smallest absolute Gasteiger partial charge is 0.261 e. The van der Waals surface area contributed by atoms with Gasteiger partial charge in [0.15, 0.2) is 0 Å². The second-order valence-electron chi connectivity index (χ2n) is 7.66. The number of ether oxygens (including phenoxy) is 2. The van der Waals surface area contributed by atoms with Gasteiger partial charge in [-0.15, -0.1) is 0 Å². The van der Waals surface area contributed by atoms with Crippen LogP contribution in [0.25, 0.3) is 10.9 Å². The van der Waals surface area contributed by atoms with Crippen molar-refractivity contribution in [1.82, 2.24) is 14.5 Å². The third kappa shape index (κ3) is 4.43. The van der Waals surface area contributed by atoms with E-state index in [9.17, 15) is 4.79 Å². The van der Waals surface area contributed by atoms with Crippen LogP contribution in [0.1, 0.15) is 18.4 Å². The van der Waals surface area contributed by atoms with Gasteiger partial charge >= 0.3 is 0 Å². The van der Waals surface area contributed by atoms with E-state index in [1.165, 1.54) is 5.56 Å². The molecule has 6 nitrogen and oxygen atoms in total. The molecule has 1 saturated heterocycles. The van der Waals surface area contributed by atoms with Crippen LogP contribution in [0.3, 0.4) is 0 Å². The lowest BCUT2D eigenvalue weighted by Crippen LogP contribution is -2.36. The van der Waals surface area contributed by atoms with E-state index < -0.39 is 0 Å². The molecule has 0 bridgehead atoms. The molecule has 1 aliphatic heterocycles. The quantitative estimate of drug-likeness (QED) is 0.643. The molecule has 0 unspecified atom stereocenters. The molecule has 0 amide bonds. The van der Waals surface area contributed by atoms with Crippen LogP contribution < -0.4 is 15.0 Å². The Morgan fingerprint density at radius 1 is 1.03 bits per heavy atom. The van der Waals surface area contributed by atoms with E-state index in [0.717, 1.165) is 56.0 Å². The molecular formula is C23H27N3O3. The maximum atomic E-state index is 12.7. The number of methoxy groups -OCH3 is 2. The van der Waals surface area contributed by atoms with Crippen molar-refractivity contribution in [3.63, 3.8) is 0 Å². The molecule has 1 aromatic heterocycles. The number of aromatic nitrogens is 2. The van der Waals surface area contributed by atoms with Crippen LogP contribution in [0.4, 0.5) is 0 Å². The number of nitrogens with zero attached hydrogens (tertiary/aromatic N) is 3. The molecule has 0 spiro atoms. The van der Waals surface area contributed by atoms with Gasteiger partial charge < -0.3 is 9.47 Å². The number of benzene rings is 2. The summed E-state index contributed by atoms with van der Waals surface area (Å²) in [4.78, 5) is 19.6. The Morgan fingerprint density at radius 3 is 2.41 bits per heavy atom. The normalized spacial score (nSPS) is 15.5. The molecule has 0 atom stereocenters. The van der Waals surface area contributed by atoms with Crippen LogP contribution >= 0.6 is 0 Å². The number of para-hydroxylation sites is 1. The zero-order chi connectivity index (χ0) is 20.2. The summed E-state index contributed by atoms with van der Waals surface area (Å²) in [7, 11) is 3.35. The molecule has 0 saturated carbocycles. The SMILES string of the molecule is COc1cc(CN2CCC(Cn3cnc4ccccc4c3=O)CC2)cc(OC)c1. The van der Waals surface area contributed by atoms with Crippen molar-refractivity contribution in [2.75, 3.05) is 27.3 Å². The van der Waals surface area contributed by atoms with Crippen molar-refractivity contribution in [2.45, 2.75) is 25.9 Å². The molecule has 2 aromatic carbocycles. The Morgan fingerprint density at radius 2 is 1.72 bits per heavy atom. The minimum absolute atomic E-state index is 0.0569. The van der Waals surface area contributed by atoms with Crippen molar-refractivity contribution in [1.29, 1.82) is 0 Å². The molecule has 2 heterocycles. The van der Waals surface area contributed by atoms with Crippen molar-refractivity contribution in [3.05, 3.63) is 64.7 Å². The number of hydrogen-bond donors (Lipinski definition) is 0. The average Bonchev–Trinajstić information content (AvgIpc) is 2.77. The fourth-order valence-corrected chi connectivity index (χ4v) is 4.06. The molecule has 3 aromatic rings. The Labute approximate surface area is 170 Å². The molecule has 0 aliphatic carbocycles. The van der Waals surface area contributed by atoms with E-state index in [0.29, 0.717) is 11.3 Å². The highest BCUT2D eigenvalue weighted by atomic mass is 16.5. The van der Waals surface area contributed by atoms with Crippen LogP contribution in [0.5, 0.6) is 11.5 Å². The van der Waals surface area contributed by atoms with Crippen molar-refractivity contribution >= 4 is 10.9 Å². The van der Waals surface area contributed by atoms with E-state index in [-0.39, 0.29) is 5.56 Å². The molecule has 4 rings (SSSR count). The maximum absolute atomic E-state index is 12.7. The van der Waals surface area contributed by atoms with Gasteiger partial charge in [-0.2, -0.15) is 0 Å². The Kier molecular flexibility index (Phi) is 5.81. The minimum atomic E-state index is 0.0569. The van der Waals surface area contributed by atoms with Crippen molar-refractivity contribution in [2.24, 2.45) is 5.92 Å². The minimum Gasteiger partial charge on any atom is -0.497 e. The molecule has 0 radical (unpaired) electrons. The fourth-order valence-electron chi connectivity index (χ4n) is 4.06. The molecule has 152 valence electrons. The third-order valence-electron chi connectivity index (χ3n) is 5.71. The molecule has 1 fully saturated rings. The average molecular weight is 393 g/mol. The Bertz CT molecular complexity index is 1020. The molecular weight excluding hydrogens is 366 g/mol. The number of piperidine rings is 1. The number of fused-ring (bicyclic) bond motifs is 1. The van der Waals surface area contributed by atoms with E-state index in [4.69, 9.17) is 9.47 Å². The van der Waals surface area contributed by atoms with Crippen LogP contribution in [0, 0.1) is 5.92 Å². The second-order valence-corrected chi connectivity index (χ2v) is 7.66. The molecule has 1 aliphatic rings. The standard InChI is InChI=1S/C23H27N3O3/c1-28-19-11-18(12-20(13-19)29-2)14-25-9-7-17(8-10-25)15-26-16-24-22-6-4-3-5-21(22)23(26)27/h3-6,11-13,16-17H,7-10,14-15H2,1-2H3. The first-order valence-electron chi connectivity index (χ1n) is 10.0. The van der Waals surface area contributed by atoms with Gasteiger partial charge in [-0.25, -0.2) is 4.98 Å². The van der Waals surface area contributed by atoms with Crippen LogP contribution in [-0.4, -0.2) is 41.8 Å². The van der Waals surface area contributed by atoms with Gasteiger partial charge in [-0.1, -0.05) is 12.1 Å². The topological polar surface area (TPSA) is 56.6 Å². The molecule has 0 N–H and O–H groups in total.